The molecule has 116 valence electrons. The quantitative estimate of drug-likeness (QED) is 0.604. The number of hydrogen-bond acceptors (Lipinski definition) is 3. The van der Waals surface area contributed by atoms with Crippen LogP contribution < -0.4 is 0 Å². The third-order valence-corrected chi connectivity index (χ3v) is 9.21. The number of rotatable bonds is 6. The van der Waals surface area contributed by atoms with E-state index in [1.54, 1.807) is 11.8 Å². The van der Waals surface area contributed by atoms with Crippen molar-refractivity contribution < 1.29 is 19.1 Å². The molecule has 20 heavy (non-hydrogen) atoms. The first-order chi connectivity index (χ1) is 8.97. The normalized spacial score (nSPS) is 21.6. The summed E-state index contributed by atoms with van der Waals surface area (Å²) in [6, 6.07) is -0.178. The fourth-order valence-corrected chi connectivity index (χ4v) is 3.03. The number of carboxylic acids is 1. The van der Waals surface area contributed by atoms with E-state index in [9.17, 15) is 9.59 Å². The maximum Gasteiger partial charge on any atom is 0.308 e. The SMILES string of the molecule is CC(C(=O)O)[C@H]1CC(=O)N1CCO[Si](C)(C)C(C)(C)C. The highest BCUT2D eigenvalue weighted by Gasteiger charge is 2.42. The fourth-order valence-electron chi connectivity index (χ4n) is 2.00. The molecule has 1 fully saturated rings. The Morgan fingerprint density at radius 3 is 2.45 bits per heavy atom. The lowest BCUT2D eigenvalue weighted by Crippen LogP contribution is -2.58. The standard InChI is InChI=1S/C14H27NO4Si/c1-10(13(17)18)11-9-12(16)15(11)7-8-19-20(5,6)14(2,3)4/h10-11H,7-9H2,1-6H3,(H,17,18)/t10?,11-/m1/s1. The Labute approximate surface area is 122 Å². The van der Waals surface area contributed by atoms with Crippen molar-refractivity contribution in [2.45, 2.75) is 58.3 Å². The average Bonchev–Trinajstić information content (AvgIpc) is 2.28. The lowest BCUT2D eigenvalue weighted by Gasteiger charge is -2.43. The molecule has 0 aromatic heterocycles. The van der Waals surface area contributed by atoms with Crippen LogP contribution in [0.15, 0.2) is 0 Å². The second-order valence-electron chi connectivity index (χ2n) is 7.09. The highest BCUT2D eigenvalue weighted by atomic mass is 28.4. The van der Waals surface area contributed by atoms with Crippen LogP contribution in [-0.2, 0) is 14.0 Å². The Hall–Kier alpha value is -0.883. The van der Waals surface area contributed by atoms with E-state index in [1.807, 2.05) is 0 Å². The number of aliphatic carboxylic acids is 1. The molecule has 1 rings (SSSR count). The Morgan fingerprint density at radius 2 is 2.05 bits per heavy atom. The van der Waals surface area contributed by atoms with Crippen LogP contribution in [0.1, 0.15) is 34.1 Å². The molecule has 1 heterocycles. The summed E-state index contributed by atoms with van der Waals surface area (Å²) in [6.07, 6.45) is 0.341. The van der Waals surface area contributed by atoms with Crippen molar-refractivity contribution in [2.24, 2.45) is 5.92 Å². The van der Waals surface area contributed by atoms with Crippen LogP contribution >= 0.6 is 0 Å². The van der Waals surface area contributed by atoms with Gasteiger partial charge in [0.15, 0.2) is 8.32 Å². The van der Waals surface area contributed by atoms with E-state index in [4.69, 9.17) is 9.53 Å². The van der Waals surface area contributed by atoms with Crippen LogP contribution in [0.5, 0.6) is 0 Å². The van der Waals surface area contributed by atoms with Gasteiger partial charge in [0.1, 0.15) is 0 Å². The highest BCUT2D eigenvalue weighted by Crippen LogP contribution is 2.36. The summed E-state index contributed by atoms with van der Waals surface area (Å²) in [5, 5.41) is 9.16. The van der Waals surface area contributed by atoms with Gasteiger partial charge in [-0.2, -0.15) is 0 Å². The molecule has 0 radical (unpaired) electrons. The lowest BCUT2D eigenvalue weighted by atomic mass is 9.90. The Kier molecular flexibility index (Phi) is 5.02. The summed E-state index contributed by atoms with van der Waals surface area (Å²) < 4.78 is 6.03. The number of carboxylic acid groups (broad SMARTS) is 1. The number of likely N-dealkylation sites (tertiary alicyclic amines) is 1. The van der Waals surface area contributed by atoms with Gasteiger partial charge in [-0.15, -0.1) is 0 Å². The van der Waals surface area contributed by atoms with Crippen LogP contribution in [0.2, 0.25) is 18.1 Å². The van der Waals surface area contributed by atoms with E-state index in [1.165, 1.54) is 0 Å². The molecule has 1 N–H and O–H groups in total. The molecule has 0 aromatic carbocycles. The van der Waals surface area contributed by atoms with Crippen LogP contribution in [0.25, 0.3) is 0 Å². The molecule has 1 unspecified atom stereocenters. The zero-order valence-corrected chi connectivity index (χ0v) is 14.4. The number of hydrogen-bond donors (Lipinski definition) is 1. The lowest BCUT2D eigenvalue weighted by molar-refractivity contribution is -0.156. The molecular formula is C14H27NO4Si. The number of β-lactam (4-membered cyclic amide) rings is 1. The molecule has 5 nitrogen and oxygen atoms in total. The molecular weight excluding hydrogens is 274 g/mol. The Balaban J connectivity index is 2.49. The largest absolute Gasteiger partial charge is 0.481 e. The third-order valence-electron chi connectivity index (χ3n) is 4.67. The van der Waals surface area contributed by atoms with E-state index in [0.29, 0.717) is 19.6 Å². The van der Waals surface area contributed by atoms with E-state index >= 15 is 0 Å². The topological polar surface area (TPSA) is 66.8 Å². The summed E-state index contributed by atoms with van der Waals surface area (Å²) >= 11 is 0. The summed E-state index contributed by atoms with van der Waals surface area (Å²) in [4.78, 5) is 24.2. The van der Waals surface area contributed by atoms with Gasteiger partial charge in [0.05, 0.1) is 18.6 Å². The zero-order chi connectivity index (χ0) is 15.7. The van der Waals surface area contributed by atoms with Crippen molar-refractivity contribution in [2.75, 3.05) is 13.2 Å². The maximum absolute atomic E-state index is 11.6. The third kappa shape index (κ3) is 3.61. The van der Waals surface area contributed by atoms with Crippen molar-refractivity contribution in [3.63, 3.8) is 0 Å². The van der Waals surface area contributed by atoms with Gasteiger partial charge in [0, 0.05) is 13.0 Å². The average molecular weight is 301 g/mol. The molecule has 2 atom stereocenters. The maximum atomic E-state index is 11.6. The van der Waals surface area contributed by atoms with Gasteiger partial charge in [-0.3, -0.25) is 9.59 Å². The molecule has 1 amide bonds. The molecule has 0 spiro atoms. The first-order valence-electron chi connectivity index (χ1n) is 7.13. The van der Waals surface area contributed by atoms with Crippen LogP contribution in [0.4, 0.5) is 0 Å². The second-order valence-corrected chi connectivity index (χ2v) is 11.9. The fraction of sp³-hybridized carbons (Fsp3) is 0.857. The van der Waals surface area contributed by atoms with E-state index in [-0.39, 0.29) is 17.0 Å². The van der Waals surface area contributed by atoms with E-state index in [2.05, 4.69) is 33.9 Å². The molecule has 1 aliphatic heterocycles. The number of nitrogens with zero attached hydrogens (tertiary/aromatic N) is 1. The van der Waals surface area contributed by atoms with Gasteiger partial charge in [-0.1, -0.05) is 20.8 Å². The van der Waals surface area contributed by atoms with E-state index < -0.39 is 20.2 Å². The predicted molar refractivity (Wildman–Crippen MR) is 80.1 cm³/mol. The van der Waals surface area contributed by atoms with Gasteiger partial charge in [0.2, 0.25) is 5.91 Å². The van der Waals surface area contributed by atoms with Crippen LogP contribution in [-0.4, -0.2) is 49.4 Å². The molecule has 1 aliphatic rings. The minimum atomic E-state index is -1.81. The molecule has 0 aliphatic carbocycles. The Morgan fingerprint density at radius 1 is 1.50 bits per heavy atom. The number of carbonyl (C=O) groups is 2. The summed E-state index contributed by atoms with van der Waals surface area (Å²) in [7, 11) is -1.81. The molecule has 0 saturated carbocycles. The highest BCUT2D eigenvalue weighted by molar-refractivity contribution is 6.74. The van der Waals surface area contributed by atoms with Crippen molar-refractivity contribution in [1.29, 1.82) is 0 Å². The molecule has 0 bridgehead atoms. The van der Waals surface area contributed by atoms with Gasteiger partial charge < -0.3 is 14.4 Å². The van der Waals surface area contributed by atoms with Crippen molar-refractivity contribution in [3.8, 4) is 0 Å². The van der Waals surface area contributed by atoms with Crippen molar-refractivity contribution in [1.82, 2.24) is 4.90 Å². The number of carbonyl (C=O) groups excluding carboxylic acids is 1. The minimum absolute atomic E-state index is 0.0296. The van der Waals surface area contributed by atoms with Crippen LogP contribution in [0.3, 0.4) is 0 Å². The second kappa shape index (κ2) is 5.85. The smallest absolute Gasteiger partial charge is 0.308 e. The van der Waals surface area contributed by atoms with Gasteiger partial charge in [0.25, 0.3) is 0 Å². The van der Waals surface area contributed by atoms with Crippen molar-refractivity contribution in [3.05, 3.63) is 0 Å². The Bertz CT molecular complexity index is 389. The first-order valence-corrected chi connectivity index (χ1v) is 10.0. The van der Waals surface area contributed by atoms with Crippen LogP contribution in [0, 0.1) is 5.92 Å². The van der Waals surface area contributed by atoms with Gasteiger partial charge in [-0.25, -0.2) is 0 Å². The monoisotopic (exact) mass is 301 g/mol. The number of amides is 1. The summed E-state index contributed by atoms with van der Waals surface area (Å²) in [5.41, 5.74) is 0. The molecule has 6 heteroatoms. The zero-order valence-electron chi connectivity index (χ0n) is 13.4. The predicted octanol–water partition coefficient (Wildman–Crippen LogP) is 2.33. The van der Waals surface area contributed by atoms with E-state index in [0.717, 1.165) is 0 Å². The van der Waals surface area contributed by atoms with Gasteiger partial charge in [-0.05, 0) is 25.1 Å². The van der Waals surface area contributed by atoms with Gasteiger partial charge >= 0.3 is 5.97 Å². The summed E-state index contributed by atoms with van der Waals surface area (Å²) in [6.45, 7) is 13.5. The van der Waals surface area contributed by atoms with Crippen molar-refractivity contribution >= 4 is 20.2 Å². The first kappa shape index (κ1) is 17.2. The molecule has 1 saturated heterocycles. The minimum Gasteiger partial charge on any atom is -0.481 e. The molecule has 0 aromatic rings. The summed E-state index contributed by atoms with van der Waals surface area (Å²) in [5.74, 6) is -1.33.